The fourth-order valence-corrected chi connectivity index (χ4v) is 3.64. The number of rotatable bonds is 6. The van der Waals surface area contributed by atoms with Gasteiger partial charge in [0.1, 0.15) is 18.2 Å². The van der Waals surface area contributed by atoms with Gasteiger partial charge in [-0.15, -0.1) is 0 Å². The van der Waals surface area contributed by atoms with Crippen LogP contribution in [0, 0.1) is 21.7 Å². The monoisotopic (exact) mass is 390 g/mol. The third-order valence-electron chi connectivity index (χ3n) is 3.06. The van der Waals surface area contributed by atoms with Crippen LogP contribution in [0.25, 0.3) is 0 Å². The van der Waals surface area contributed by atoms with Gasteiger partial charge < -0.3 is 0 Å². The van der Waals surface area contributed by atoms with Crippen LogP contribution in [0.15, 0.2) is 47.4 Å². The molecule has 0 spiro atoms. The molecule has 2 rings (SSSR count). The van der Waals surface area contributed by atoms with E-state index in [0.717, 1.165) is 36.4 Å². The van der Waals surface area contributed by atoms with Gasteiger partial charge in [-0.25, -0.2) is 17.2 Å². The molecule has 25 heavy (non-hydrogen) atoms. The minimum absolute atomic E-state index is 0.316. The fraction of sp³-hybridized carbons (Fsp3) is 0.0714. The van der Waals surface area contributed by atoms with Crippen molar-refractivity contribution in [2.45, 2.75) is 4.90 Å². The van der Waals surface area contributed by atoms with Crippen molar-refractivity contribution in [3.8, 4) is 0 Å². The van der Waals surface area contributed by atoms with Crippen LogP contribution in [-0.2, 0) is 14.8 Å². The van der Waals surface area contributed by atoms with E-state index >= 15 is 0 Å². The summed E-state index contributed by atoms with van der Waals surface area (Å²) in [5.74, 6) is -2.20. The molecule has 0 aliphatic carbocycles. The molecule has 0 aliphatic rings. The number of carbonyl (C=O) groups excluding carboxylic acids is 1. The van der Waals surface area contributed by atoms with Crippen molar-refractivity contribution in [2.24, 2.45) is 0 Å². The predicted molar refractivity (Wildman–Crippen MR) is 84.8 cm³/mol. The second-order valence-electron chi connectivity index (χ2n) is 4.72. The smallest absolute Gasteiger partial charge is 0.270 e. The molecule has 0 atom stereocenters. The highest BCUT2D eigenvalue weighted by molar-refractivity contribution is 7.92. The van der Waals surface area contributed by atoms with Gasteiger partial charge >= 0.3 is 0 Å². The third-order valence-corrected chi connectivity index (χ3v) is 4.94. The molecular weight excluding hydrogens is 382 g/mol. The van der Waals surface area contributed by atoms with E-state index in [4.69, 9.17) is 11.6 Å². The Kier molecular flexibility index (Phi) is 5.33. The zero-order valence-electron chi connectivity index (χ0n) is 12.2. The number of non-ortho nitro benzene ring substituents is 1. The van der Waals surface area contributed by atoms with Gasteiger partial charge in [-0.2, -0.15) is 0 Å². The number of hydrogen-bond donors (Lipinski definition) is 0. The van der Waals surface area contributed by atoms with E-state index in [1.54, 1.807) is 0 Å². The first kappa shape index (κ1) is 18.7. The second-order valence-corrected chi connectivity index (χ2v) is 7.00. The molecule has 11 heteroatoms. The number of benzene rings is 2. The highest BCUT2D eigenvalue weighted by Gasteiger charge is 2.30. The Morgan fingerprint density at radius 2 is 1.88 bits per heavy atom. The Morgan fingerprint density at radius 1 is 1.20 bits per heavy atom. The van der Waals surface area contributed by atoms with Crippen molar-refractivity contribution < 1.29 is 26.9 Å². The molecule has 2 aromatic carbocycles. The topological polar surface area (TPSA) is 97.6 Å². The van der Waals surface area contributed by atoms with Gasteiger partial charge in [0.15, 0.2) is 0 Å². The summed E-state index contributed by atoms with van der Waals surface area (Å²) in [7, 11) is -4.58. The molecule has 0 N–H and O–H groups in total. The number of halogens is 3. The van der Waals surface area contributed by atoms with Crippen LogP contribution in [0.5, 0.6) is 0 Å². The van der Waals surface area contributed by atoms with E-state index < -0.39 is 54.6 Å². The number of anilines is 1. The minimum Gasteiger partial charge on any atom is -0.279 e. The summed E-state index contributed by atoms with van der Waals surface area (Å²) in [6.45, 7) is -0.949. The molecule has 132 valence electrons. The van der Waals surface area contributed by atoms with Crippen molar-refractivity contribution >= 4 is 38.2 Å². The van der Waals surface area contributed by atoms with Crippen molar-refractivity contribution in [2.75, 3.05) is 10.8 Å². The van der Waals surface area contributed by atoms with Crippen molar-refractivity contribution in [3.05, 3.63) is 64.2 Å². The fourth-order valence-electron chi connectivity index (χ4n) is 1.98. The Labute approximate surface area is 145 Å². The molecule has 2 aromatic rings. The Bertz CT molecular complexity index is 952. The van der Waals surface area contributed by atoms with Crippen LogP contribution in [0.2, 0.25) is 0 Å². The Morgan fingerprint density at radius 3 is 2.44 bits per heavy atom. The molecule has 0 saturated carbocycles. The highest BCUT2D eigenvalue weighted by atomic mass is 35.5. The first-order chi connectivity index (χ1) is 11.6. The zero-order valence-corrected chi connectivity index (χ0v) is 13.8. The third kappa shape index (κ3) is 4.09. The number of sulfonamides is 1. The van der Waals surface area contributed by atoms with Crippen LogP contribution in [0.1, 0.15) is 0 Å². The quantitative estimate of drug-likeness (QED) is 0.429. The van der Waals surface area contributed by atoms with Crippen molar-refractivity contribution in [1.82, 2.24) is 0 Å². The molecule has 0 bridgehead atoms. The maximum Gasteiger partial charge on any atom is 0.270 e. The van der Waals surface area contributed by atoms with E-state index in [1.165, 1.54) is 0 Å². The number of hydrogen-bond acceptors (Lipinski definition) is 5. The average Bonchev–Trinajstić information content (AvgIpc) is 2.53. The molecule has 0 fully saturated rings. The molecule has 7 nitrogen and oxygen atoms in total. The summed E-state index contributed by atoms with van der Waals surface area (Å²) < 4.78 is 52.8. The molecule has 0 heterocycles. The lowest BCUT2D eigenvalue weighted by Gasteiger charge is -2.23. The number of nitro benzene ring substituents is 1. The van der Waals surface area contributed by atoms with Crippen LogP contribution in [0.4, 0.5) is 20.2 Å². The van der Waals surface area contributed by atoms with Crippen molar-refractivity contribution in [3.63, 3.8) is 0 Å². The Hall–Kier alpha value is -2.59. The lowest BCUT2D eigenvalue weighted by atomic mass is 10.3. The highest BCUT2D eigenvalue weighted by Crippen LogP contribution is 2.28. The maximum absolute atomic E-state index is 14.0. The number of nitro groups is 1. The Balaban J connectivity index is 2.62. The van der Waals surface area contributed by atoms with Gasteiger partial charge in [0.25, 0.3) is 15.7 Å². The van der Waals surface area contributed by atoms with Gasteiger partial charge in [0.2, 0.25) is 5.24 Å². The van der Waals surface area contributed by atoms with Gasteiger partial charge in [0, 0.05) is 18.2 Å². The average molecular weight is 391 g/mol. The second kappa shape index (κ2) is 7.11. The standard InChI is InChI=1S/C14H9ClF2N2O5S/c15-14(20)8-18(13-5-4-9(16)6-12(13)17)25(23,24)11-3-1-2-10(7-11)19(21)22/h1-7H,8H2. The van der Waals surface area contributed by atoms with Crippen LogP contribution in [-0.4, -0.2) is 25.1 Å². The van der Waals surface area contributed by atoms with E-state index in [-0.39, 0.29) is 0 Å². The van der Waals surface area contributed by atoms with Crippen LogP contribution >= 0.6 is 11.6 Å². The van der Waals surface area contributed by atoms with Gasteiger partial charge in [-0.05, 0) is 29.8 Å². The summed E-state index contributed by atoms with van der Waals surface area (Å²) in [4.78, 5) is 20.7. The normalized spacial score (nSPS) is 11.2. The van der Waals surface area contributed by atoms with E-state index in [9.17, 15) is 32.1 Å². The number of carbonyl (C=O) groups is 1. The first-order valence-electron chi connectivity index (χ1n) is 6.53. The summed E-state index contributed by atoms with van der Waals surface area (Å²) in [5.41, 5.74) is -1.14. The van der Waals surface area contributed by atoms with Crippen LogP contribution < -0.4 is 4.31 Å². The molecule has 0 radical (unpaired) electrons. The lowest BCUT2D eigenvalue weighted by Crippen LogP contribution is -2.35. The molecular formula is C14H9ClF2N2O5S. The number of nitrogens with zero attached hydrogens (tertiary/aromatic N) is 2. The largest absolute Gasteiger partial charge is 0.279 e. The van der Waals surface area contributed by atoms with Crippen LogP contribution in [0.3, 0.4) is 0 Å². The summed E-state index contributed by atoms with van der Waals surface area (Å²) in [6.07, 6.45) is 0. The zero-order chi connectivity index (χ0) is 18.8. The molecule has 0 aliphatic heterocycles. The van der Waals surface area contributed by atoms with Gasteiger partial charge in [-0.3, -0.25) is 19.2 Å². The molecule has 0 amide bonds. The maximum atomic E-state index is 14.0. The summed E-state index contributed by atoms with van der Waals surface area (Å²) in [5, 5.41) is 9.68. The van der Waals surface area contributed by atoms with E-state index in [2.05, 4.69) is 0 Å². The van der Waals surface area contributed by atoms with E-state index in [1.807, 2.05) is 0 Å². The van der Waals surface area contributed by atoms with Gasteiger partial charge in [0.05, 0.1) is 15.5 Å². The van der Waals surface area contributed by atoms with Crippen molar-refractivity contribution in [1.29, 1.82) is 0 Å². The summed E-state index contributed by atoms with van der Waals surface area (Å²) >= 11 is 5.23. The first-order valence-corrected chi connectivity index (χ1v) is 8.35. The lowest BCUT2D eigenvalue weighted by molar-refractivity contribution is -0.385. The minimum atomic E-state index is -4.58. The molecule has 0 aromatic heterocycles. The molecule has 0 unspecified atom stereocenters. The van der Waals surface area contributed by atoms with E-state index in [0.29, 0.717) is 10.4 Å². The summed E-state index contributed by atoms with van der Waals surface area (Å²) in [6, 6.07) is 6.02. The predicted octanol–water partition coefficient (Wildman–Crippen LogP) is 2.83. The molecule has 0 saturated heterocycles. The van der Waals surface area contributed by atoms with Gasteiger partial charge in [-0.1, -0.05) is 6.07 Å². The SMILES string of the molecule is O=C(Cl)CN(c1ccc(F)cc1F)S(=O)(=O)c1cccc([N+](=O)[O-])c1.